The Morgan fingerprint density at radius 2 is 1.95 bits per heavy atom. The van der Waals surface area contributed by atoms with E-state index in [0.29, 0.717) is 6.42 Å². The minimum atomic E-state index is -0.122. The molecule has 19 heavy (non-hydrogen) atoms. The van der Waals surface area contributed by atoms with E-state index in [4.69, 9.17) is 5.11 Å². The van der Waals surface area contributed by atoms with Crippen LogP contribution in [0.3, 0.4) is 0 Å². The molecule has 1 rings (SSSR count). The number of carbonyl (C=O) groups is 1. The number of hydrogen-bond acceptors (Lipinski definition) is 3. The van der Waals surface area contributed by atoms with Gasteiger partial charge in [-0.15, -0.1) is 0 Å². The summed E-state index contributed by atoms with van der Waals surface area (Å²) in [6, 6.07) is 8.08. The predicted octanol–water partition coefficient (Wildman–Crippen LogP) is 1.57. The summed E-state index contributed by atoms with van der Waals surface area (Å²) in [5.41, 5.74) is 2.30. The number of rotatable bonds is 7. The van der Waals surface area contributed by atoms with Crippen LogP contribution in [0, 0.1) is 0 Å². The van der Waals surface area contributed by atoms with Crippen molar-refractivity contribution in [3.05, 3.63) is 29.8 Å². The third-order valence-corrected chi connectivity index (χ3v) is 3.17. The van der Waals surface area contributed by atoms with Crippen molar-refractivity contribution >= 4 is 11.6 Å². The highest BCUT2D eigenvalue weighted by Crippen LogP contribution is 2.13. The number of nitrogens with zero attached hydrogens (tertiary/aromatic N) is 1. The average Bonchev–Trinajstić information content (AvgIpc) is 2.43. The van der Waals surface area contributed by atoms with Crippen LogP contribution in [-0.2, 0) is 11.2 Å². The van der Waals surface area contributed by atoms with Crippen LogP contribution in [0.15, 0.2) is 24.3 Å². The maximum absolute atomic E-state index is 11.7. The Bertz CT molecular complexity index is 384. The second-order valence-electron chi connectivity index (χ2n) is 4.92. The molecule has 0 saturated carbocycles. The van der Waals surface area contributed by atoms with Gasteiger partial charge in [-0.3, -0.25) is 4.79 Å². The monoisotopic (exact) mass is 264 g/mol. The highest BCUT2D eigenvalue weighted by Gasteiger charge is 2.09. The molecule has 0 radical (unpaired) electrons. The summed E-state index contributed by atoms with van der Waals surface area (Å²) >= 11 is 0. The molecule has 0 bridgehead atoms. The van der Waals surface area contributed by atoms with Gasteiger partial charge in [0.1, 0.15) is 0 Å². The zero-order chi connectivity index (χ0) is 14.3. The van der Waals surface area contributed by atoms with E-state index in [2.05, 4.69) is 17.4 Å². The first-order valence-corrected chi connectivity index (χ1v) is 6.73. The zero-order valence-corrected chi connectivity index (χ0v) is 12.0. The molecule has 106 valence electrons. The van der Waals surface area contributed by atoms with Crippen LogP contribution in [-0.4, -0.2) is 37.8 Å². The quantitative estimate of drug-likeness (QED) is 0.786. The Hall–Kier alpha value is -1.55. The maximum Gasteiger partial charge on any atom is 0.220 e. The molecule has 4 heteroatoms. The molecular weight excluding hydrogens is 240 g/mol. The first-order chi connectivity index (χ1) is 9.06. The summed E-state index contributed by atoms with van der Waals surface area (Å²) in [5, 5.41) is 11.8. The third-order valence-electron chi connectivity index (χ3n) is 3.17. The van der Waals surface area contributed by atoms with Crippen molar-refractivity contribution in [2.24, 2.45) is 0 Å². The fourth-order valence-corrected chi connectivity index (χ4v) is 1.80. The van der Waals surface area contributed by atoms with Crippen molar-refractivity contribution in [1.82, 2.24) is 5.32 Å². The number of aliphatic hydroxyl groups excluding tert-OH is 1. The van der Waals surface area contributed by atoms with Gasteiger partial charge in [0.15, 0.2) is 0 Å². The number of hydrogen-bond donors (Lipinski definition) is 2. The maximum atomic E-state index is 11.7. The van der Waals surface area contributed by atoms with Gasteiger partial charge in [0, 0.05) is 26.2 Å². The summed E-state index contributed by atoms with van der Waals surface area (Å²) in [7, 11) is 4.00. The number of amides is 1. The second-order valence-corrected chi connectivity index (χ2v) is 4.92. The van der Waals surface area contributed by atoms with Gasteiger partial charge in [-0.2, -0.15) is 0 Å². The van der Waals surface area contributed by atoms with Gasteiger partial charge in [0.05, 0.1) is 12.6 Å². The first-order valence-electron chi connectivity index (χ1n) is 6.73. The SMILES string of the molecule is CC[C@@H](CO)NC(=O)CCc1ccc(N(C)C)cc1. The predicted molar refractivity (Wildman–Crippen MR) is 78.4 cm³/mol. The molecule has 1 aromatic carbocycles. The average molecular weight is 264 g/mol. The van der Waals surface area contributed by atoms with E-state index in [1.165, 1.54) is 0 Å². The van der Waals surface area contributed by atoms with E-state index in [9.17, 15) is 4.79 Å². The molecule has 1 amide bonds. The highest BCUT2D eigenvalue weighted by atomic mass is 16.3. The minimum Gasteiger partial charge on any atom is -0.394 e. The van der Waals surface area contributed by atoms with Crippen LogP contribution in [0.5, 0.6) is 0 Å². The molecule has 2 N–H and O–H groups in total. The molecule has 0 aliphatic heterocycles. The van der Waals surface area contributed by atoms with E-state index >= 15 is 0 Å². The van der Waals surface area contributed by atoms with Crippen molar-refractivity contribution in [3.8, 4) is 0 Å². The Labute approximate surface area is 115 Å². The van der Waals surface area contributed by atoms with Gasteiger partial charge in [-0.25, -0.2) is 0 Å². The normalized spacial score (nSPS) is 12.0. The lowest BCUT2D eigenvalue weighted by Gasteiger charge is -2.14. The number of nitrogens with one attached hydrogen (secondary N) is 1. The van der Waals surface area contributed by atoms with Gasteiger partial charge in [0.2, 0.25) is 5.91 Å². The molecule has 1 atom stereocenters. The molecule has 0 unspecified atom stereocenters. The van der Waals surface area contributed by atoms with Crippen LogP contribution in [0.4, 0.5) is 5.69 Å². The Balaban J connectivity index is 2.41. The van der Waals surface area contributed by atoms with Crippen LogP contribution < -0.4 is 10.2 Å². The summed E-state index contributed by atoms with van der Waals surface area (Å²) in [4.78, 5) is 13.7. The van der Waals surface area contributed by atoms with Gasteiger partial charge in [0.25, 0.3) is 0 Å². The van der Waals surface area contributed by atoms with Crippen molar-refractivity contribution in [3.63, 3.8) is 0 Å². The van der Waals surface area contributed by atoms with Gasteiger partial charge in [-0.1, -0.05) is 19.1 Å². The Morgan fingerprint density at radius 1 is 1.32 bits per heavy atom. The van der Waals surface area contributed by atoms with Crippen molar-refractivity contribution < 1.29 is 9.90 Å². The summed E-state index contributed by atoms with van der Waals surface area (Å²) in [6.07, 6.45) is 1.93. The number of aliphatic hydroxyl groups is 1. The summed E-state index contributed by atoms with van der Waals surface area (Å²) < 4.78 is 0. The number of benzene rings is 1. The van der Waals surface area contributed by atoms with Crippen molar-refractivity contribution in [2.45, 2.75) is 32.2 Å². The van der Waals surface area contributed by atoms with Crippen molar-refractivity contribution in [2.75, 3.05) is 25.6 Å². The van der Waals surface area contributed by atoms with E-state index < -0.39 is 0 Å². The number of aryl methyl sites for hydroxylation is 1. The third kappa shape index (κ3) is 5.30. The highest BCUT2D eigenvalue weighted by molar-refractivity contribution is 5.76. The van der Waals surface area contributed by atoms with Crippen LogP contribution in [0.2, 0.25) is 0 Å². The van der Waals surface area contributed by atoms with Gasteiger partial charge in [-0.05, 0) is 30.5 Å². The standard InChI is InChI=1S/C15H24N2O2/c1-4-13(11-18)16-15(19)10-7-12-5-8-14(9-6-12)17(2)3/h5-6,8-9,13,18H,4,7,10-11H2,1-3H3,(H,16,19)/t13-/m0/s1. The van der Waals surface area contributed by atoms with Gasteiger partial charge < -0.3 is 15.3 Å². The minimum absolute atomic E-state index is 0.000226. The lowest BCUT2D eigenvalue weighted by Crippen LogP contribution is -2.37. The molecule has 0 fully saturated rings. The van der Waals surface area contributed by atoms with E-state index in [1.54, 1.807) is 0 Å². The lowest BCUT2D eigenvalue weighted by atomic mass is 10.1. The second kappa shape index (κ2) is 7.79. The summed E-state index contributed by atoms with van der Waals surface area (Å²) in [5.74, 6) is -0.00224. The van der Waals surface area contributed by atoms with Crippen LogP contribution in [0.1, 0.15) is 25.3 Å². The largest absolute Gasteiger partial charge is 0.394 e. The Morgan fingerprint density at radius 3 is 2.42 bits per heavy atom. The van der Waals surface area contributed by atoms with E-state index in [0.717, 1.165) is 24.1 Å². The molecule has 0 spiro atoms. The molecule has 0 aliphatic carbocycles. The van der Waals surface area contributed by atoms with Crippen LogP contribution in [0.25, 0.3) is 0 Å². The molecule has 1 aromatic rings. The lowest BCUT2D eigenvalue weighted by molar-refractivity contribution is -0.122. The molecule has 0 saturated heterocycles. The smallest absolute Gasteiger partial charge is 0.220 e. The first kappa shape index (κ1) is 15.5. The summed E-state index contributed by atoms with van der Waals surface area (Å²) in [6.45, 7) is 1.95. The van der Waals surface area contributed by atoms with Gasteiger partial charge >= 0.3 is 0 Å². The molecule has 0 aromatic heterocycles. The molecular formula is C15H24N2O2. The number of carbonyl (C=O) groups excluding carboxylic acids is 1. The fraction of sp³-hybridized carbons (Fsp3) is 0.533. The fourth-order valence-electron chi connectivity index (χ4n) is 1.80. The van der Waals surface area contributed by atoms with Crippen molar-refractivity contribution in [1.29, 1.82) is 0 Å². The zero-order valence-electron chi connectivity index (χ0n) is 12.0. The molecule has 4 nitrogen and oxygen atoms in total. The molecule has 0 heterocycles. The Kier molecular flexibility index (Phi) is 6.36. The number of anilines is 1. The van der Waals surface area contributed by atoms with E-state index in [1.807, 2.05) is 38.1 Å². The van der Waals surface area contributed by atoms with Crippen LogP contribution >= 0.6 is 0 Å². The topological polar surface area (TPSA) is 52.6 Å². The molecule has 0 aliphatic rings. The van der Waals surface area contributed by atoms with E-state index in [-0.39, 0.29) is 18.6 Å².